The van der Waals surface area contributed by atoms with Gasteiger partial charge in [-0.2, -0.15) is 0 Å². The van der Waals surface area contributed by atoms with Crippen LogP contribution in [0, 0.1) is 0 Å². The molecule has 1 aliphatic heterocycles. The Kier molecular flexibility index (Phi) is 3.71. The number of benzene rings is 1. The van der Waals surface area contributed by atoms with Crippen LogP contribution in [0.5, 0.6) is 0 Å². The summed E-state index contributed by atoms with van der Waals surface area (Å²) in [6, 6.07) is 9.46. The van der Waals surface area contributed by atoms with E-state index in [0.717, 1.165) is 5.25 Å². The molecule has 0 saturated carbocycles. The lowest BCUT2D eigenvalue weighted by atomic mass is 10.0. The van der Waals surface area contributed by atoms with Crippen molar-refractivity contribution in [1.29, 1.82) is 0 Å². The first-order chi connectivity index (χ1) is 7.35. The van der Waals surface area contributed by atoms with Gasteiger partial charge < -0.3 is 5.32 Å². The Balaban J connectivity index is 2.05. The zero-order valence-corrected chi connectivity index (χ0v) is 10.3. The smallest absolute Gasteiger partial charge is 0.0289 e. The summed E-state index contributed by atoms with van der Waals surface area (Å²) in [6.45, 7) is 2.26. The number of nitrogens with one attached hydrogen (secondary N) is 1. The van der Waals surface area contributed by atoms with Crippen LogP contribution in [-0.2, 0) is 6.42 Å². The molecule has 0 radical (unpaired) electrons. The van der Waals surface area contributed by atoms with Gasteiger partial charge in [0.25, 0.3) is 0 Å². The van der Waals surface area contributed by atoms with Crippen LogP contribution in [0.15, 0.2) is 29.2 Å². The van der Waals surface area contributed by atoms with Gasteiger partial charge in [-0.25, -0.2) is 0 Å². The standard InChI is InChI=1S/C13H19NS/c1-3-6-11(14-2)13-9-10-7-4-5-8-12(10)15-13/h4-5,7-8,11,13-14H,3,6,9H2,1-2H3. The number of fused-ring (bicyclic) bond motifs is 1. The lowest BCUT2D eigenvalue weighted by molar-refractivity contribution is 0.498. The minimum Gasteiger partial charge on any atom is -0.316 e. The highest BCUT2D eigenvalue weighted by atomic mass is 32.2. The molecule has 1 nitrogen and oxygen atoms in total. The van der Waals surface area contributed by atoms with Crippen molar-refractivity contribution in [2.75, 3.05) is 7.05 Å². The molecule has 0 saturated heterocycles. The van der Waals surface area contributed by atoms with E-state index >= 15 is 0 Å². The predicted molar refractivity (Wildman–Crippen MR) is 67.5 cm³/mol. The Morgan fingerprint density at radius 3 is 2.93 bits per heavy atom. The monoisotopic (exact) mass is 221 g/mol. The molecule has 0 spiro atoms. The zero-order valence-electron chi connectivity index (χ0n) is 9.49. The third-order valence-corrected chi connectivity index (χ3v) is 4.54. The summed E-state index contributed by atoms with van der Waals surface area (Å²) >= 11 is 2.05. The van der Waals surface area contributed by atoms with E-state index in [9.17, 15) is 0 Å². The van der Waals surface area contributed by atoms with E-state index in [1.807, 2.05) is 11.8 Å². The minimum atomic E-state index is 0.660. The van der Waals surface area contributed by atoms with Crippen molar-refractivity contribution in [3.8, 4) is 0 Å². The van der Waals surface area contributed by atoms with Gasteiger partial charge in [0.1, 0.15) is 0 Å². The van der Waals surface area contributed by atoms with E-state index in [0.29, 0.717) is 6.04 Å². The second-order valence-corrected chi connectivity index (χ2v) is 5.43. The summed E-state index contributed by atoms with van der Waals surface area (Å²) in [6.07, 6.45) is 3.77. The van der Waals surface area contributed by atoms with Crippen molar-refractivity contribution >= 4 is 11.8 Å². The van der Waals surface area contributed by atoms with E-state index in [1.165, 1.54) is 29.7 Å². The van der Waals surface area contributed by atoms with E-state index in [2.05, 4.69) is 43.6 Å². The fraction of sp³-hybridized carbons (Fsp3) is 0.538. The number of rotatable bonds is 4. The first-order valence-corrected chi connectivity index (χ1v) is 6.65. The van der Waals surface area contributed by atoms with Gasteiger partial charge in [-0.15, -0.1) is 11.8 Å². The van der Waals surface area contributed by atoms with E-state index < -0.39 is 0 Å². The van der Waals surface area contributed by atoms with E-state index in [1.54, 1.807) is 0 Å². The van der Waals surface area contributed by atoms with Gasteiger partial charge in [0.15, 0.2) is 0 Å². The van der Waals surface area contributed by atoms with Gasteiger partial charge in [-0.1, -0.05) is 31.5 Å². The minimum absolute atomic E-state index is 0.660. The van der Waals surface area contributed by atoms with Crippen LogP contribution in [0.2, 0.25) is 0 Å². The van der Waals surface area contributed by atoms with Crippen LogP contribution in [0.25, 0.3) is 0 Å². The largest absolute Gasteiger partial charge is 0.316 e. The average molecular weight is 221 g/mol. The molecule has 1 heterocycles. The van der Waals surface area contributed by atoms with Crippen LogP contribution in [0.4, 0.5) is 0 Å². The Morgan fingerprint density at radius 2 is 2.27 bits per heavy atom. The molecular weight excluding hydrogens is 202 g/mol. The number of hydrogen-bond donors (Lipinski definition) is 1. The Bertz CT molecular complexity index is 299. The van der Waals surface area contributed by atoms with Crippen molar-refractivity contribution in [2.45, 2.75) is 42.4 Å². The van der Waals surface area contributed by atoms with Gasteiger partial charge >= 0.3 is 0 Å². The average Bonchev–Trinajstić information content (AvgIpc) is 2.69. The molecule has 2 atom stereocenters. The maximum absolute atomic E-state index is 3.46. The van der Waals surface area contributed by atoms with Crippen LogP contribution in [-0.4, -0.2) is 18.3 Å². The van der Waals surface area contributed by atoms with Crippen molar-refractivity contribution < 1.29 is 0 Å². The SMILES string of the molecule is CCCC(NC)C1Cc2ccccc2S1. The van der Waals surface area contributed by atoms with Crippen molar-refractivity contribution in [2.24, 2.45) is 0 Å². The molecule has 0 fully saturated rings. The van der Waals surface area contributed by atoms with Gasteiger partial charge in [-0.3, -0.25) is 0 Å². The molecular formula is C13H19NS. The van der Waals surface area contributed by atoms with Crippen LogP contribution in [0.3, 0.4) is 0 Å². The molecule has 0 aliphatic carbocycles. The van der Waals surface area contributed by atoms with Crippen molar-refractivity contribution in [1.82, 2.24) is 5.32 Å². The third kappa shape index (κ3) is 2.37. The number of hydrogen-bond acceptors (Lipinski definition) is 2. The molecule has 2 heteroatoms. The Morgan fingerprint density at radius 1 is 1.47 bits per heavy atom. The summed E-state index contributed by atoms with van der Waals surface area (Å²) in [7, 11) is 2.09. The fourth-order valence-corrected chi connectivity index (χ4v) is 3.75. The molecule has 0 aromatic heterocycles. The maximum atomic E-state index is 3.46. The molecule has 1 aliphatic rings. The molecule has 1 N–H and O–H groups in total. The zero-order chi connectivity index (χ0) is 10.7. The first kappa shape index (κ1) is 11.0. The highest BCUT2D eigenvalue weighted by Crippen LogP contribution is 2.38. The summed E-state index contributed by atoms with van der Waals surface area (Å²) < 4.78 is 0. The summed E-state index contributed by atoms with van der Waals surface area (Å²) in [4.78, 5) is 1.49. The van der Waals surface area contributed by atoms with E-state index in [4.69, 9.17) is 0 Å². The first-order valence-electron chi connectivity index (χ1n) is 5.77. The van der Waals surface area contributed by atoms with E-state index in [-0.39, 0.29) is 0 Å². The van der Waals surface area contributed by atoms with Gasteiger partial charge in [-0.05, 0) is 31.5 Å². The van der Waals surface area contributed by atoms with Crippen molar-refractivity contribution in [3.63, 3.8) is 0 Å². The lowest BCUT2D eigenvalue weighted by Crippen LogP contribution is -2.35. The molecule has 15 heavy (non-hydrogen) atoms. The fourth-order valence-electron chi connectivity index (χ4n) is 2.26. The number of thioether (sulfide) groups is 1. The summed E-state index contributed by atoms with van der Waals surface area (Å²) in [5, 5.41) is 4.19. The van der Waals surface area contributed by atoms with Crippen LogP contribution < -0.4 is 5.32 Å². The summed E-state index contributed by atoms with van der Waals surface area (Å²) in [5.41, 5.74) is 1.53. The maximum Gasteiger partial charge on any atom is 0.0289 e. The quantitative estimate of drug-likeness (QED) is 0.838. The van der Waals surface area contributed by atoms with Crippen LogP contribution >= 0.6 is 11.8 Å². The topological polar surface area (TPSA) is 12.0 Å². The lowest BCUT2D eigenvalue weighted by Gasteiger charge is -2.21. The molecule has 1 aromatic rings. The molecule has 2 rings (SSSR count). The Hall–Kier alpha value is -0.470. The van der Waals surface area contributed by atoms with Crippen molar-refractivity contribution in [3.05, 3.63) is 29.8 Å². The second kappa shape index (κ2) is 5.04. The summed E-state index contributed by atoms with van der Waals surface area (Å²) in [5.74, 6) is 0. The molecule has 2 unspecified atom stereocenters. The molecule has 0 amide bonds. The van der Waals surface area contributed by atoms with Gasteiger partial charge in [0, 0.05) is 16.2 Å². The predicted octanol–water partition coefficient (Wildman–Crippen LogP) is 3.09. The normalized spacial score (nSPS) is 21.3. The molecule has 0 bridgehead atoms. The molecule has 82 valence electrons. The Labute approximate surface area is 96.7 Å². The highest BCUT2D eigenvalue weighted by Gasteiger charge is 2.27. The third-order valence-electron chi connectivity index (χ3n) is 3.09. The second-order valence-electron chi connectivity index (χ2n) is 4.15. The van der Waals surface area contributed by atoms with Gasteiger partial charge in [0.05, 0.1) is 0 Å². The molecule has 1 aromatic carbocycles. The van der Waals surface area contributed by atoms with Gasteiger partial charge in [0.2, 0.25) is 0 Å². The highest BCUT2D eigenvalue weighted by molar-refractivity contribution is 8.00. The van der Waals surface area contributed by atoms with Crippen LogP contribution in [0.1, 0.15) is 25.3 Å².